The van der Waals surface area contributed by atoms with Crippen molar-refractivity contribution in [1.29, 1.82) is 0 Å². The lowest BCUT2D eigenvalue weighted by atomic mass is 10.1. The zero-order chi connectivity index (χ0) is 25.4. The number of nitrogens with one attached hydrogen (secondary N) is 1. The largest absolute Gasteiger partial charge is 0.392 e. The Morgan fingerprint density at radius 3 is 2.44 bits per heavy atom. The number of aliphatic hydroxyl groups excluding tert-OH is 1. The zero-order valence-electron chi connectivity index (χ0n) is 19.3. The molecular weight excluding hydrogens is 504 g/mol. The molecule has 1 fully saturated rings. The van der Waals surface area contributed by atoms with Crippen molar-refractivity contribution in [2.45, 2.75) is 18.6 Å². The highest BCUT2D eigenvalue weighted by atomic mass is 35.5. The number of hydrogen-bond donors (Lipinski definition) is 2. The quantitative estimate of drug-likeness (QED) is 0.408. The minimum atomic E-state index is -3.93. The molecule has 1 amide bonds. The fraction of sp³-hybridized carbons (Fsp3) is 0.250. The van der Waals surface area contributed by atoms with Gasteiger partial charge in [-0.25, -0.2) is 18.4 Å². The number of hydrogen-bond acceptors (Lipinski definition) is 7. The maximum Gasteiger partial charge on any atom is 0.291 e. The third kappa shape index (κ3) is 4.46. The van der Waals surface area contributed by atoms with Crippen LogP contribution < -0.4 is 0 Å². The van der Waals surface area contributed by atoms with E-state index in [0.717, 1.165) is 16.8 Å². The molecule has 36 heavy (non-hydrogen) atoms. The van der Waals surface area contributed by atoms with E-state index in [2.05, 4.69) is 19.9 Å². The van der Waals surface area contributed by atoms with E-state index in [1.54, 1.807) is 36.8 Å². The maximum atomic E-state index is 13.4. The summed E-state index contributed by atoms with van der Waals surface area (Å²) in [6, 6.07) is 8.69. The highest BCUT2D eigenvalue weighted by molar-refractivity contribution is 7.89. The molecule has 0 aliphatic carbocycles. The van der Waals surface area contributed by atoms with Gasteiger partial charge in [0.05, 0.1) is 6.61 Å². The first-order valence-electron chi connectivity index (χ1n) is 11.2. The van der Waals surface area contributed by atoms with Gasteiger partial charge >= 0.3 is 0 Å². The lowest BCUT2D eigenvalue weighted by Gasteiger charge is -2.33. The Bertz CT molecular complexity index is 1550. The molecule has 0 bridgehead atoms. The Balaban J connectivity index is 1.30. The minimum Gasteiger partial charge on any atom is -0.392 e. The van der Waals surface area contributed by atoms with Crippen molar-refractivity contribution in [3.63, 3.8) is 0 Å². The van der Waals surface area contributed by atoms with Gasteiger partial charge in [0.15, 0.2) is 5.03 Å². The van der Waals surface area contributed by atoms with Crippen LogP contribution in [0.4, 0.5) is 0 Å². The molecule has 1 aromatic carbocycles. The molecule has 3 aromatic heterocycles. The molecule has 0 radical (unpaired) electrons. The molecule has 4 heterocycles. The van der Waals surface area contributed by atoms with E-state index in [4.69, 9.17) is 11.6 Å². The van der Waals surface area contributed by atoms with Crippen molar-refractivity contribution in [2.24, 2.45) is 0 Å². The predicted octanol–water partition coefficient (Wildman–Crippen LogP) is 2.62. The Labute approximate surface area is 212 Å². The number of pyridine rings is 1. The summed E-state index contributed by atoms with van der Waals surface area (Å²) in [6.07, 6.45) is 4.88. The molecule has 5 rings (SSSR count). The van der Waals surface area contributed by atoms with Crippen LogP contribution in [0.5, 0.6) is 0 Å². The molecule has 1 aliphatic rings. The van der Waals surface area contributed by atoms with Gasteiger partial charge in [-0.15, -0.1) is 0 Å². The van der Waals surface area contributed by atoms with Gasteiger partial charge in [0.1, 0.15) is 0 Å². The topological polar surface area (TPSA) is 132 Å². The summed E-state index contributed by atoms with van der Waals surface area (Å²) in [5.74, 6) is -0.309. The van der Waals surface area contributed by atoms with Crippen LogP contribution in [0.1, 0.15) is 21.9 Å². The van der Waals surface area contributed by atoms with Gasteiger partial charge in [-0.2, -0.15) is 4.31 Å². The molecule has 0 spiro atoms. The molecule has 1 aliphatic heterocycles. The van der Waals surface area contributed by atoms with Crippen molar-refractivity contribution in [1.82, 2.24) is 29.1 Å². The second-order valence-electron chi connectivity index (χ2n) is 8.46. The summed E-state index contributed by atoms with van der Waals surface area (Å²) in [6.45, 7) is 2.01. The zero-order valence-corrected chi connectivity index (χ0v) is 20.9. The van der Waals surface area contributed by atoms with Crippen LogP contribution >= 0.6 is 11.6 Å². The number of fused-ring (bicyclic) bond motifs is 1. The number of H-pyrrole nitrogens is 1. The Kier molecular flexibility index (Phi) is 6.47. The monoisotopic (exact) mass is 526 g/mol. The van der Waals surface area contributed by atoms with Gasteiger partial charge in [0.25, 0.3) is 15.9 Å². The number of halogens is 1. The normalized spacial score (nSPS) is 14.9. The van der Waals surface area contributed by atoms with Gasteiger partial charge in [-0.1, -0.05) is 11.6 Å². The van der Waals surface area contributed by atoms with Gasteiger partial charge < -0.3 is 15.0 Å². The van der Waals surface area contributed by atoms with E-state index >= 15 is 0 Å². The van der Waals surface area contributed by atoms with E-state index in [1.807, 2.05) is 19.1 Å². The van der Waals surface area contributed by atoms with E-state index in [-0.39, 0.29) is 48.5 Å². The Morgan fingerprint density at radius 1 is 1.06 bits per heavy atom. The third-order valence-corrected chi connectivity index (χ3v) is 8.33. The molecular formula is C24H23ClN6O4S. The summed E-state index contributed by atoms with van der Waals surface area (Å²) in [5.41, 5.74) is 3.37. The first kappa shape index (κ1) is 24.3. The van der Waals surface area contributed by atoms with Crippen molar-refractivity contribution in [3.05, 3.63) is 71.0 Å². The number of piperazine rings is 1. The van der Waals surface area contributed by atoms with Crippen LogP contribution in [0.25, 0.3) is 22.0 Å². The second kappa shape index (κ2) is 9.58. The number of aromatic nitrogens is 4. The molecule has 1 saturated heterocycles. The van der Waals surface area contributed by atoms with Crippen molar-refractivity contribution in [3.8, 4) is 11.1 Å². The number of amides is 1. The highest BCUT2D eigenvalue weighted by Gasteiger charge is 2.34. The standard InChI is InChI=1S/C24H23ClN6O4S/c1-15-10-16(4-5-26-15)17-12-27-22(28-13-17)24(33)30-6-8-31(9-7-30)36(34,35)23-20(14-32)19-11-18(25)2-3-21(19)29-23/h2-5,10-13,29,32H,6-9,14H2,1H3. The average Bonchev–Trinajstić information content (AvgIpc) is 3.27. The molecule has 10 nitrogen and oxygen atoms in total. The van der Waals surface area contributed by atoms with Crippen molar-refractivity contribution < 1.29 is 18.3 Å². The minimum absolute atomic E-state index is 0.0518. The number of carbonyl (C=O) groups excluding carboxylic acids is 1. The van der Waals surface area contributed by atoms with Gasteiger partial charge in [0, 0.05) is 77.5 Å². The van der Waals surface area contributed by atoms with Crippen LogP contribution in [-0.2, 0) is 16.6 Å². The second-order valence-corrected chi connectivity index (χ2v) is 10.8. The Hall–Kier alpha value is -3.38. The van der Waals surface area contributed by atoms with Crippen molar-refractivity contribution in [2.75, 3.05) is 26.2 Å². The van der Waals surface area contributed by atoms with Gasteiger partial charge in [0.2, 0.25) is 5.82 Å². The molecule has 12 heteroatoms. The first-order valence-corrected chi connectivity index (χ1v) is 13.0. The third-order valence-electron chi connectivity index (χ3n) is 6.18. The SMILES string of the molecule is Cc1cc(-c2cnc(C(=O)N3CCN(S(=O)(=O)c4[nH]c5ccc(Cl)cc5c4CO)CC3)nc2)ccn1. The number of nitrogens with zero attached hydrogens (tertiary/aromatic N) is 5. The van der Waals surface area contributed by atoms with E-state index in [0.29, 0.717) is 15.9 Å². The van der Waals surface area contributed by atoms with E-state index in [1.165, 1.54) is 9.21 Å². The van der Waals surface area contributed by atoms with E-state index in [9.17, 15) is 18.3 Å². The Morgan fingerprint density at radius 2 is 1.78 bits per heavy atom. The van der Waals surface area contributed by atoms with Crippen LogP contribution in [0.2, 0.25) is 5.02 Å². The van der Waals surface area contributed by atoms with Gasteiger partial charge in [-0.05, 0) is 42.8 Å². The summed E-state index contributed by atoms with van der Waals surface area (Å²) in [5, 5.41) is 10.8. The fourth-order valence-corrected chi connectivity index (χ4v) is 6.09. The van der Waals surface area contributed by atoms with Crippen molar-refractivity contribution >= 4 is 38.4 Å². The fourth-order valence-electron chi connectivity index (χ4n) is 4.29. The maximum absolute atomic E-state index is 13.4. The number of carbonyl (C=O) groups is 1. The van der Waals surface area contributed by atoms with Crippen LogP contribution in [-0.4, -0.2) is 74.8 Å². The highest BCUT2D eigenvalue weighted by Crippen LogP contribution is 2.30. The molecule has 4 aromatic rings. The predicted molar refractivity (Wildman–Crippen MR) is 134 cm³/mol. The number of aromatic amines is 1. The number of rotatable bonds is 5. The number of aryl methyl sites for hydroxylation is 1. The molecule has 186 valence electrons. The van der Waals surface area contributed by atoms with Crippen LogP contribution in [0.3, 0.4) is 0 Å². The number of benzene rings is 1. The lowest BCUT2D eigenvalue weighted by molar-refractivity contribution is 0.0685. The van der Waals surface area contributed by atoms with Gasteiger partial charge in [-0.3, -0.25) is 9.78 Å². The van der Waals surface area contributed by atoms with Crippen LogP contribution in [0, 0.1) is 6.92 Å². The number of aliphatic hydroxyl groups is 1. The summed E-state index contributed by atoms with van der Waals surface area (Å²) >= 11 is 6.06. The average molecular weight is 527 g/mol. The molecule has 0 atom stereocenters. The number of sulfonamides is 1. The summed E-state index contributed by atoms with van der Waals surface area (Å²) in [7, 11) is -3.93. The molecule has 2 N–H and O–H groups in total. The molecule has 0 saturated carbocycles. The summed E-state index contributed by atoms with van der Waals surface area (Å²) < 4.78 is 28.1. The first-order chi connectivity index (χ1) is 17.3. The smallest absolute Gasteiger partial charge is 0.291 e. The lowest BCUT2D eigenvalue weighted by Crippen LogP contribution is -2.50. The summed E-state index contributed by atoms with van der Waals surface area (Å²) in [4.78, 5) is 30.0. The molecule has 0 unspecified atom stereocenters. The van der Waals surface area contributed by atoms with Crippen LogP contribution in [0.15, 0.2) is 53.9 Å². The van der Waals surface area contributed by atoms with E-state index < -0.39 is 16.6 Å².